The molecule has 1 aromatic rings. The summed E-state index contributed by atoms with van der Waals surface area (Å²) in [4.78, 5) is 15.5. The molecule has 2 N–H and O–H groups in total. The number of carbonyl (C=O) groups is 1. The molecule has 14 heavy (non-hydrogen) atoms. The number of hydrogen-bond donors (Lipinski definition) is 2. The molecule has 1 rings (SSSR count). The first-order chi connectivity index (χ1) is 6.63. The highest BCUT2D eigenvalue weighted by molar-refractivity contribution is 5.94. The summed E-state index contributed by atoms with van der Waals surface area (Å²) in [6.07, 6.45) is 1.65. The van der Waals surface area contributed by atoms with E-state index >= 15 is 0 Å². The Balaban J connectivity index is 2.60. The first-order valence-electron chi connectivity index (χ1n) is 4.54. The number of amides is 1. The van der Waals surface area contributed by atoms with Crippen LogP contribution < -0.4 is 10.6 Å². The summed E-state index contributed by atoms with van der Waals surface area (Å²) in [6, 6.07) is 3.50. The number of likely N-dealkylation sites (N-methyl/N-ethyl adjacent to an activating group) is 1. The minimum atomic E-state index is -0.198. The third kappa shape index (κ3) is 2.81. The zero-order chi connectivity index (χ0) is 10.6. The smallest absolute Gasteiger partial charge is 0.241 e. The summed E-state index contributed by atoms with van der Waals surface area (Å²) >= 11 is 0. The molecule has 1 heterocycles. The van der Waals surface area contributed by atoms with Gasteiger partial charge in [0.15, 0.2) is 0 Å². The van der Waals surface area contributed by atoms with Crippen LogP contribution in [0.25, 0.3) is 0 Å². The molecule has 76 valence electrons. The third-order valence-electron chi connectivity index (χ3n) is 2.01. The monoisotopic (exact) mass is 193 g/mol. The van der Waals surface area contributed by atoms with Crippen LogP contribution in [0.1, 0.15) is 12.6 Å². The Hall–Kier alpha value is -1.42. The highest BCUT2D eigenvalue weighted by atomic mass is 16.2. The predicted octanol–water partition coefficient (Wildman–Crippen LogP) is 0.936. The van der Waals surface area contributed by atoms with E-state index in [0.29, 0.717) is 0 Å². The fourth-order valence-electron chi connectivity index (χ4n) is 0.923. The highest BCUT2D eigenvalue weighted by Gasteiger charge is 2.09. The normalized spacial score (nSPS) is 12.2. The van der Waals surface area contributed by atoms with Gasteiger partial charge in [0, 0.05) is 5.69 Å². The molecule has 0 aromatic carbocycles. The average molecular weight is 193 g/mol. The number of nitrogens with one attached hydrogen (secondary N) is 2. The van der Waals surface area contributed by atoms with E-state index < -0.39 is 0 Å². The van der Waals surface area contributed by atoms with Crippen molar-refractivity contribution in [1.29, 1.82) is 0 Å². The maximum atomic E-state index is 11.4. The molecule has 4 nitrogen and oxygen atoms in total. The summed E-state index contributed by atoms with van der Waals surface area (Å²) in [6.45, 7) is 3.71. The molecule has 0 aliphatic heterocycles. The van der Waals surface area contributed by atoms with Crippen molar-refractivity contribution in [3.63, 3.8) is 0 Å². The topological polar surface area (TPSA) is 54.0 Å². The Kier molecular flexibility index (Phi) is 3.59. The van der Waals surface area contributed by atoms with Crippen LogP contribution in [0.15, 0.2) is 18.3 Å². The second-order valence-corrected chi connectivity index (χ2v) is 3.19. The van der Waals surface area contributed by atoms with Crippen molar-refractivity contribution in [2.45, 2.75) is 19.9 Å². The first kappa shape index (κ1) is 10.7. The second-order valence-electron chi connectivity index (χ2n) is 3.19. The summed E-state index contributed by atoms with van der Waals surface area (Å²) in [5.41, 5.74) is 1.66. The summed E-state index contributed by atoms with van der Waals surface area (Å²) in [5, 5.41) is 5.62. The quantitative estimate of drug-likeness (QED) is 0.751. The lowest BCUT2D eigenvalue weighted by Crippen LogP contribution is -2.35. The van der Waals surface area contributed by atoms with Crippen molar-refractivity contribution in [3.05, 3.63) is 24.0 Å². The minimum absolute atomic E-state index is 0.0573. The lowest BCUT2D eigenvalue weighted by molar-refractivity contribution is -0.117. The van der Waals surface area contributed by atoms with Crippen molar-refractivity contribution in [2.24, 2.45) is 0 Å². The molecular formula is C10H15N3O. The minimum Gasteiger partial charge on any atom is -0.323 e. The zero-order valence-corrected chi connectivity index (χ0v) is 8.66. The third-order valence-corrected chi connectivity index (χ3v) is 2.01. The fraction of sp³-hybridized carbons (Fsp3) is 0.400. The van der Waals surface area contributed by atoms with Crippen LogP contribution in [0.5, 0.6) is 0 Å². The molecule has 0 saturated heterocycles. The van der Waals surface area contributed by atoms with Crippen LogP contribution in [-0.2, 0) is 4.79 Å². The number of hydrogen-bond acceptors (Lipinski definition) is 3. The number of aromatic nitrogens is 1. The SMILES string of the molecule is CN[C@@H](C)C(=O)Nc1ccc(C)nc1. The van der Waals surface area contributed by atoms with Gasteiger partial charge in [0.25, 0.3) is 0 Å². The van der Waals surface area contributed by atoms with Crippen molar-refractivity contribution in [3.8, 4) is 0 Å². The number of nitrogens with zero attached hydrogens (tertiary/aromatic N) is 1. The van der Waals surface area contributed by atoms with E-state index in [1.54, 1.807) is 20.2 Å². The zero-order valence-electron chi connectivity index (χ0n) is 8.66. The van der Waals surface area contributed by atoms with Gasteiger partial charge < -0.3 is 10.6 Å². The van der Waals surface area contributed by atoms with Crippen LogP contribution >= 0.6 is 0 Å². The van der Waals surface area contributed by atoms with E-state index in [0.717, 1.165) is 11.4 Å². The van der Waals surface area contributed by atoms with Crippen molar-refractivity contribution in [1.82, 2.24) is 10.3 Å². The lowest BCUT2D eigenvalue weighted by Gasteiger charge is -2.10. The van der Waals surface area contributed by atoms with Crippen molar-refractivity contribution in [2.75, 3.05) is 12.4 Å². The molecule has 1 amide bonds. The van der Waals surface area contributed by atoms with Gasteiger partial charge in [-0.1, -0.05) is 0 Å². The number of pyridine rings is 1. The number of rotatable bonds is 3. The van der Waals surface area contributed by atoms with E-state index in [-0.39, 0.29) is 11.9 Å². The van der Waals surface area contributed by atoms with Crippen molar-refractivity contribution < 1.29 is 4.79 Å². The van der Waals surface area contributed by atoms with Gasteiger partial charge in [-0.2, -0.15) is 0 Å². The van der Waals surface area contributed by atoms with Crippen LogP contribution in [0.3, 0.4) is 0 Å². The molecule has 1 atom stereocenters. The molecule has 0 unspecified atom stereocenters. The summed E-state index contributed by atoms with van der Waals surface area (Å²) < 4.78 is 0. The molecular weight excluding hydrogens is 178 g/mol. The van der Waals surface area contributed by atoms with Gasteiger partial charge in [0.1, 0.15) is 0 Å². The van der Waals surface area contributed by atoms with Gasteiger partial charge in [-0.15, -0.1) is 0 Å². The Morgan fingerprint density at radius 3 is 2.71 bits per heavy atom. The first-order valence-corrected chi connectivity index (χ1v) is 4.54. The number of carbonyl (C=O) groups excluding carboxylic acids is 1. The van der Waals surface area contributed by atoms with Gasteiger partial charge in [-0.3, -0.25) is 9.78 Å². The van der Waals surface area contributed by atoms with Gasteiger partial charge in [-0.05, 0) is 33.0 Å². The molecule has 1 aromatic heterocycles. The van der Waals surface area contributed by atoms with Gasteiger partial charge in [0.05, 0.1) is 17.9 Å². The maximum absolute atomic E-state index is 11.4. The van der Waals surface area contributed by atoms with Crippen molar-refractivity contribution >= 4 is 11.6 Å². The largest absolute Gasteiger partial charge is 0.323 e. The maximum Gasteiger partial charge on any atom is 0.241 e. The highest BCUT2D eigenvalue weighted by Crippen LogP contribution is 2.05. The Labute approximate surface area is 83.7 Å². The van der Waals surface area contributed by atoms with Crippen LogP contribution in [0.2, 0.25) is 0 Å². The molecule has 4 heteroatoms. The molecule has 0 saturated carbocycles. The predicted molar refractivity (Wildman–Crippen MR) is 56.1 cm³/mol. The standard InChI is InChI=1S/C10H15N3O/c1-7-4-5-9(6-12-7)13-10(14)8(2)11-3/h4-6,8,11H,1-3H3,(H,13,14)/t8-/m0/s1. The van der Waals surface area contributed by atoms with Gasteiger partial charge >= 0.3 is 0 Å². The van der Waals surface area contributed by atoms with Gasteiger partial charge in [-0.25, -0.2) is 0 Å². The van der Waals surface area contributed by atoms with E-state index in [9.17, 15) is 4.79 Å². The average Bonchev–Trinajstić information content (AvgIpc) is 2.20. The molecule has 0 aliphatic carbocycles. The number of aryl methyl sites for hydroxylation is 1. The summed E-state index contributed by atoms with van der Waals surface area (Å²) in [5.74, 6) is -0.0573. The van der Waals surface area contributed by atoms with Crippen LogP contribution in [0.4, 0.5) is 5.69 Å². The number of anilines is 1. The Bertz CT molecular complexity index is 308. The molecule has 0 aliphatic rings. The molecule has 0 radical (unpaired) electrons. The Morgan fingerprint density at radius 2 is 2.21 bits per heavy atom. The van der Waals surface area contributed by atoms with Gasteiger partial charge in [0.2, 0.25) is 5.91 Å². The second kappa shape index (κ2) is 4.72. The van der Waals surface area contributed by atoms with E-state index in [1.165, 1.54) is 0 Å². The molecule has 0 spiro atoms. The van der Waals surface area contributed by atoms with E-state index in [4.69, 9.17) is 0 Å². The molecule has 0 bridgehead atoms. The van der Waals surface area contributed by atoms with E-state index in [1.807, 2.05) is 19.1 Å². The molecule has 0 fully saturated rings. The lowest BCUT2D eigenvalue weighted by atomic mass is 10.3. The Morgan fingerprint density at radius 1 is 1.50 bits per heavy atom. The van der Waals surface area contributed by atoms with Crippen LogP contribution in [-0.4, -0.2) is 24.0 Å². The van der Waals surface area contributed by atoms with Crippen LogP contribution in [0, 0.1) is 6.92 Å². The summed E-state index contributed by atoms with van der Waals surface area (Å²) in [7, 11) is 1.75. The van der Waals surface area contributed by atoms with E-state index in [2.05, 4.69) is 15.6 Å². The fourth-order valence-corrected chi connectivity index (χ4v) is 0.923.